The standard InChI is InChI=1S/C33H45ClN4/c1-6-8-11-26(3)33(24-35-27(4)36-31-13-10-12-30(34)23-31)32(14-9-7-2)29-17-15-28(16-18-29)25-38-21-19-37(5)20-22-38/h10-18,23-24H,6-9,19-22,25H2,1-5H3,(H,35,36)/b26-11+,32-14-,33-24+. The van der Waals surface area contributed by atoms with Crippen LogP contribution in [0, 0.1) is 0 Å². The number of anilines is 1. The Morgan fingerprint density at radius 1 is 0.947 bits per heavy atom. The molecular formula is C33H45ClN4. The maximum Gasteiger partial charge on any atom is 0.103 e. The van der Waals surface area contributed by atoms with Crippen LogP contribution in [0.5, 0.6) is 0 Å². The Hall–Kier alpha value is -2.66. The summed E-state index contributed by atoms with van der Waals surface area (Å²) in [6.07, 6.45) is 11.0. The molecule has 5 heteroatoms. The van der Waals surface area contributed by atoms with Gasteiger partial charge in [-0.3, -0.25) is 4.90 Å². The number of nitrogens with zero attached hydrogens (tertiary/aromatic N) is 3. The van der Waals surface area contributed by atoms with E-state index in [2.05, 4.69) is 79.4 Å². The quantitative estimate of drug-likeness (QED) is 0.179. The first-order valence-corrected chi connectivity index (χ1v) is 14.4. The zero-order valence-electron chi connectivity index (χ0n) is 23.9. The van der Waals surface area contributed by atoms with E-state index in [0.29, 0.717) is 5.02 Å². The van der Waals surface area contributed by atoms with Crippen LogP contribution in [-0.2, 0) is 6.54 Å². The first-order valence-electron chi connectivity index (χ1n) is 14.0. The SMILES string of the molecule is CCC\C=C(C(=C/N=C(C)Nc1cccc(Cl)c1)/C(C)=C/CCC)\c1ccc(CN2CCN(C)CC2)cc1. The first-order chi connectivity index (χ1) is 18.4. The molecule has 38 heavy (non-hydrogen) atoms. The van der Waals surface area contributed by atoms with E-state index < -0.39 is 0 Å². The largest absolute Gasteiger partial charge is 0.344 e. The lowest BCUT2D eigenvalue weighted by Gasteiger charge is -2.32. The summed E-state index contributed by atoms with van der Waals surface area (Å²) in [5, 5.41) is 4.07. The number of nitrogens with one attached hydrogen (secondary N) is 1. The Labute approximate surface area is 235 Å². The Morgan fingerprint density at radius 3 is 2.29 bits per heavy atom. The molecule has 1 aliphatic rings. The maximum absolute atomic E-state index is 6.16. The summed E-state index contributed by atoms with van der Waals surface area (Å²) in [6, 6.07) is 16.9. The minimum Gasteiger partial charge on any atom is -0.344 e. The topological polar surface area (TPSA) is 30.9 Å². The number of rotatable bonds is 11. The van der Waals surface area contributed by atoms with E-state index in [0.717, 1.165) is 69.9 Å². The highest BCUT2D eigenvalue weighted by Crippen LogP contribution is 2.31. The van der Waals surface area contributed by atoms with Gasteiger partial charge in [-0.15, -0.1) is 0 Å². The van der Waals surface area contributed by atoms with Gasteiger partial charge in [0.2, 0.25) is 0 Å². The average Bonchev–Trinajstić information content (AvgIpc) is 2.91. The van der Waals surface area contributed by atoms with Gasteiger partial charge in [0.1, 0.15) is 5.84 Å². The molecule has 0 aromatic heterocycles. The number of halogens is 1. The van der Waals surface area contributed by atoms with Crippen molar-refractivity contribution >= 4 is 28.7 Å². The van der Waals surface area contributed by atoms with Crippen LogP contribution < -0.4 is 5.32 Å². The lowest BCUT2D eigenvalue weighted by Crippen LogP contribution is -2.43. The van der Waals surface area contributed by atoms with E-state index in [9.17, 15) is 0 Å². The summed E-state index contributed by atoms with van der Waals surface area (Å²) in [4.78, 5) is 9.80. The molecule has 1 aliphatic heterocycles. The molecule has 1 saturated heterocycles. The molecule has 4 nitrogen and oxygen atoms in total. The van der Waals surface area contributed by atoms with E-state index in [1.807, 2.05) is 37.4 Å². The van der Waals surface area contributed by atoms with Crippen LogP contribution >= 0.6 is 11.6 Å². The zero-order valence-corrected chi connectivity index (χ0v) is 24.7. The predicted octanol–water partition coefficient (Wildman–Crippen LogP) is 8.43. The Kier molecular flexibility index (Phi) is 12.3. The van der Waals surface area contributed by atoms with Gasteiger partial charge in [-0.25, -0.2) is 4.99 Å². The molecule has 1 N–H and O–H groups in total. The maximum atomic E-state index is 6.16. The summed E-state index contributed by atoms with van der Waals surface area (Å²) in [6.45, 7) is 14.2. The molecule has 204 valence electrons. The minimum atomic E-state index is 0.707. The Balaban J connectivity index is 1.89. The van der Waals surface area contributed by atoms with E-state index in [4.69, 9.17) is 16.6 Å². The highest BCUT2D eigenvalue weighted by atomic mass is 35.5. The van der Waals surface area contributed by atoms with E-state index in [1.54, 1.807) is 0 Å². The van der Waals surface area contributed by atoms with Crippen molar-refractivity contribution in [1.29, 1.82) is 0 Å². The van der Waals surface area contributed by atoms with Crippen molar-refractivity contribution in [2.24, 2.45) is 4.99 Å². The molecule has 1 fully saturated rings. The van der Waals surface area contributed by atoms with Gasteiger partial charge in [0.15, 0.2) is 0 Å². The molecule has 0 unspecified atom stereocenters. The van der Waals surface area contributed by atoms with Crippen LogP contribution in [0.15, 0.2) is 83.0 Å². The van der Waals surface area contributed by atoms with Crippen molar-refractivity contribution in [3.63, 3.8) is 0 Å². The second-order valence-electron chi connectivity index (χ2n) is 10.3. The van der Waals surface area contributed by atoms with Crippen LogP contribution in [0.2, 0.25) is 5.02 Å². The van der Waals surface area contributed by atoms with Gasteiger partial charge in [-0.1, -0.05) is 80.8 Å². The molecule has 0 radical (unpaired) electrons. The number of hydrogen-bond acceptors (Lipinski definition) is 3. The molecule has 1 heterocycles. The normalized spacial score (nSPS) is 16.7. The number of benzene rings is 2. The summed E-state index contributed by atoms with van der Waals surface area (Å²) >= 11 is 6.16. The molecule has 2 aromatic carbocycles. The van der Waals surface area contributed by atoms with E-state index in [-0.39, 0.29) is 0 Å². The van der Waals surface area contributed by atoms with Gasteiger partial charge in [-0.2, -0.15) is 0 Å². The van der Waals surface area contributed by atoms with Crippen LogP contribution in [0.25, 0.3) is 5.57 Å². The fourth-order valence-corrected chi connectivity index (χ4v) is 4.74. The molecule has 3 rings (SSSR count). The number of aliphatic imine (C=N–C) groups is 1. The van der Waals surface area contributed by atoms with Gasteiger partial charge >= 0.3 is 0 Å². The highest BCUT2D eigenvalue weighted by molar-refractivity contribution is 6.30. The second kappa shape index (κ2) is 15.7. The Bertz CT molecular complexity index is 1140. The summed E-state index contributed by atoms with van der Waals surface area (Å²) in [7, 11) is 2.21. The van der Waals surface area contributed by atoms with Crippen molar-refractivity contribution in [1.82, 2.24) is 9.80 Å². The van der Waals surface area contributed by atoms with Crippen molar-refractivity contribution in [3.8, 4) is 0 Å². The Morgan fingerprint density at radius 2 is 1.63 bits per heavy atom. The van der Waals surface area contributed by atoms with Crippen molar-refractivity contribution in [2.75, 3.05) is 38.5 Å². The summed E-state index contributed by atoms with van der Waals surface area (Å²) in [5.74, 6) is 0.824. The van der Waals surface area contributed by atoms with Gasteiger partial charge in [0.25, 0.3) is 0 Å². The van der Waals surface area contributed by atoms with Crippen LogP contribution in [0.4, 0.5) is 5.69 Å². The van der Waals surface area contributed by atoms with Crippen molar-refractivity contribution in [3.05, 3.63) is 94.2 Å². The van der Waals surface area contributed by atoms with Crippen molar-refractivity contribution < 1.29 is 0 Å². The smallest absolute Gasteiger partial charge is 0.103 e. The highest BCUT2D eigenvalue weighted by Gasteiger charge is 2.15. The number of piperazine rings is 1. The third kappa shape index (κ3) is 9.58. The number of hydrogen-bond donors (Lipinski definition) is 1. The van der Waals surface area contributed by atoms with Gasteiger partial charge in [0, 0.05) is 55.2 Å². The van der Waals surface area contributed by atoms with Crippen LogP contribution in [-0.4, -0.2) is 48.9 Å². The van der Waals surface area contributed by atoms with Gasteiger partial charge < -0.3 is 10.2 Å². The second-order valence-corrected chi connectivity index (χ2v) is 10.7. The number of amidine groups is 1. The summed E-state index contributed by atoms with van der Waals surface area (Å²) in [5.41, 5.74) is 7.23. The lowest BCUT2D eigenvalue weighted by atomic mass is 9.91. The zero-order chi connectivity index (χ0) is 27.3. The third-order valence-corrected chi connectivity index (χ3v) is 7.13. The number of likely N-dealkylation sites (N-methyl/N-ethyl adjacent to an activating group) is 1. The van der Waals surface area contributed by atoms with Crippen LogP contribution in [0.1, 0.15) is 64.5 Å². The van der Waals surface area contributed by atoms with E-state index in [1.165, 1.54) is 27.8 Å². The monoisotopic (exact) mass is 532 g/mol. The number of allylic oxidation sites excluding steroid dienone is 5. The lowest BCUT2D eigenvalue weighted by molar-refractivity contribution is 0.148. The fourth-order valence-electron chi connectivity index (χ4n) is 4.55. The first kappa shape index (κ1) is 29.9. The third-order valence-electron chi connectivity index (χ3n) is 6.90. The average molecular weight is 533 g/mol. The molecule has 0 spiro atoms. The van der Waals surface area contributed by atoms with Crippen molar-refractivity contribution in [2.45, 2.75) is 59.9 Å². The van der Waals surface area contributed by atoms with Crippen LogP contribution in [0.3, 0.4) is 0 Å². The molecule has 0 bridgehead atoms. The molecule has 2 aromatic rings. The fraction of sp³-hybridized carbons (Fsp3) is 0.424. The molecule has 0 aliphatic carbocycles. The number of unbranched alkanes of at least 4 members (excludes halogenated alkanes) is 2. The molecule has 0 saturated carbocycles. The molecule has 0 amide bonds. The van der Waals surface area contributed by atoms with Gasteiger partial charge in [0.05, 0.1) is 0 Å². The van der Waals surface area contributed by atoms with Gasteiger partial charge in [-0.05, 0) is 74.2 Å². The predicted molar refractivity (Wildman–Crippen MR) is 167 cm³/mol. The minimum absolute atomic E-state index is 0.707. The van der Waals surface area contributed by atoms with E-state index >= 15 is 0 Å². The summed E-state index contributed by atoms with van der Waals surface area (Å²) < 4.78 is 0. The molecular weight excluding hydrogens is 488 g/mol. The molecule has 0 atom stereocenters.